The predicted octanol–water partition coefficient (Wildman–Crippen LogP) is 4.71. The Labute approximate surface area is 128 Å². The molecule has 0 aliphatic heterocycles. The molecule has 0 saturated heterocycles. The highest BCUT2D eigenvalue weighted by atomic mass is 32.1. The minimum atomic E-state index is -0.291. The molecular formula is C16H18N2O2S. The summed E-state index contributed by atoms with van der Waals surface area (Å²) in [4.78, 5) is 12.3. The normalized spacial score (nSPS) is 17.3. The number of nitrogens with one attached hydrogen (secondary N) is 1. The number of benzene rings is 1. The first kappa shape index (κ1) is 14.1. The lowest BCUT2D eigenvalue weighted by atomic mass is 9.94. The third-order valence-electron chi connectivity index (χ3n) is 4.06. The van der Waals surface area contributed by atoms with Crippen molar-refractivity contribution in [2.75, 3.05) is 5.32 Å². The van der Waals surface area contributed by atoms with Gasteiger partial charge in [-0.3, -0.25) is 10.1 Å². The number of anilines is 1. The van der Waals surface area contributed by atoms with Crippen LogP contribution < -0.4 is 5.32 Å². The first-order chi connectivity index (χ1) is 10.2. The molecule has 5 heteroatoms. The zero-order valence-electron chi connectivity index (χ0n) is 12.0. The van der Waals surface area contributed by atoms with Gasteiger partial charge in [0.2, 0.25) is 0 Å². The Bertz CT molecular complexity index is 666. The molecule has 1 unspecified atom stereocenters. The van der Waals surface area contributed by atoms with Gasteiger partial charge in [0, 0.05) is 22.2 Å². The van der Waals surface area contributed by atoms with Gasteiger partial charge in [-0.1, -0.05) is 13.0 Å². The van der Waals surface area contributed by atoms with Crippen LogP contribution in [0.1, 0.15) is 41.8 Å². The van der Waals surface area contributed by atoms with Crippen LogP contribution in [0.15, 0.2) is 29.6 Å². The summed E-state index contributed by atoms with van der Waals surface area (Å²) in [6.45, 7) is 1.94. The summed E-state index contributed by atoms with van der Waals surface area (Å²) in [5, 5.41) is 16.8. The van der Waals surface area contributed by atoms with Crippen molar-refractivity contribution >= 4 is 22.7 Å². The molecule has 0 bridgehead atoms. The SMILES string of the molecule is CCc1ccc(NC2CCCc3sccc32)cc1[N+](=O)[O-]. The van der Waals surface area contributed by atoms with Crippen molar-refractivity contribution < 1.29 is 4.92 Å². The lowest BCUT2D eigenvalue weighted by Gasteiger charge is -2.24. The number of nitro benzene ring substituents is 1. The topological polar surface area (TPSA) is 55.2 Å². The van der Waals surface area contributed by atoms with Crippen LogP contribution in [-0.4, -0.2) is 4.92 Å². The Morgan fingerprint density at radius 3 is 3.05 bits per heavy atom. The average Bonchev–Trinajstić information content (AvgIpc) is 2.96. The summed E-state index contributed by atoms with van der Waals surface area (Å²) >= 11 is 1.81. The molecule has 110 valence electrons. The molecule has 2 aromatic rings. The zero-order valence-corrected chi connectivity index (χ0v) is 12.8. The lowest BCUT2D eigenvalue weighted by molar-refractivity contribution is -0.385. The van der Waals surface area contributed by atoms with Crippen LogP contribution in [0, 0.1) is 10.1 Å². The van der Waals surface area contributed by atoms with Gasteiger partial charge in [0.15, 0.2) is 0 Å². The van der Waals surface area contributed by atoms with E-state index in [9.17, 15) is 10.1 Å². The molecule has 0 spiro atoms. The summed E-state index contributed by atoms with van der Waals surface area (Å²) in [7, 11) is 0. The summed E-state index contributed by atoms with van der Waals surface area (Å²) in [6, 6.07) is 7.92. The second-order valence-corrected chi connectivity index (χ2v) is 6.34. The van der Waals surface area contributed by atoms with Gasteiger partial charge in [0.05, 0.1) is 11.0 Å². The van der Waals surface area contributed by atoms with E-state index in [4.69, 9.17) is 0 Å². The number of fused-ring (bicyclic) bond motifs is 1. The van der Waals surface area contributed by atoms with Gasteiger partial charge in [-0.2, -0.15) is 0 Å². The van der Waals surface area contributed by atoms with Crippen LogP contribution in [0.2, 0.25) is 0 Å². The number of aryl methyl sites for hydroxylation is 2. The van der Waals surface area contributed by atoms with Crippen LogP contribution in [-0.2, 0) is 12.8 Å². The minimum Gasteiger partial charge on any atom is -0.378 e. The highest BCUT2D eigenvalue weighted by Gasteiger charge is 2.22. The Kier molecular flexibility index (Phi) is 3.92. The van der Waals surface area contributed by atoms with E-state index < -0.39 is 0 Å². The quantitative estimate of drug-likeness (QED) is 0.657. The molecule has 1 aliphatic rings. The first-order valence-electron chi connectivity index (χ1n) is 7.29. The largest absolute Gasteiger partial charge is 0.378 e. The Morgan fingerprint density at radius 1 is 1.43 bits per heavy atom. The Morgan fingerprint density at radius 2 is 2.29 bits per heavy atom. The van der Waals surface area contributed by atoms with Crippen molar-refractivity contribution in [1.82, 2.24) is 0 Å². The van der Waals surface area contributed by atoms with Crippen LogP contribution >= 0.6 is 11.3 Å². The molecule has 1 atom stereocenters. The van der Waals surface area contributed by atoms with Gasteiger partial charge in [-0.05, 0) is 48.8 Å². The molecule has 1 heterocycles. The van der Waals surface area contributed by atoms with Gasteiger partial charge in [-0.15, -0.1) is 11.3 Å². The number of nitro groups is 1. The van der Waals surface area contributed by atoms with Crippen molar-refractivity contribution in [2.24, 2.45) is 0 Å². The molecule has 1 aromatic carbocycles. The fourth-order valence-corrected chi connectivity index (χ4v) is 3.95. The number of hydrogen-bond donors (Lipinski definition) is 1. The molecule has 1 N–H and O–H groups in total. The summed E-state index contributed by atoms with van der Waals surface area (Å²) in [5.41, 5.74) is 3.19. The van der Waals surface area contributed by atoms with Crippen molar-refractivity contribution in [1.29, 1.82) is 0 Å². The summed E-state index contributed by atoms with van der Waals surface area (Å²) in [6.07, 6.45) is 4.07. The van der Waals surface area contributed by atoms with E-state index in [1.807, 2.05) is 19.1 Å². The zero-order chi connectivity index (χ0) is 14.8. The van der Waals surface area contributed by atoms with Gasteiger partial charge in [0.1, 0.15) is 0 Å². The second kappa shape index (κ2) is 5.85. The van der Waals surface area contributed by atoms with Crippen LogP contribution in [0.4, 0.5) is 11.4 Å². The first-order valence-corrected chi connectivity index (χ1v) is 8.17. The summed E-state index contributed by atoms with van der Waals surface area (Å²) < 4.78 is 0. The molecular weight excluding hydrogens is 284 g/mol. The standard InChI is InChI=1S/C16H18N2O2S/c1-2-11-6-7-12(10-15(11)18(19)20)17-14-4-3-5-16-13(14)8-9-21-16/h6-10,14,17H,2-5H2,1H3. The van der Waals surface area contributed by atoms with Gasteiger partial charge < -0.3 is 5.32 Å². The van der Waals surface area contributed by atoms with Gasteiger partial charge in [-0.25, -0.2) is 0 Å². The van der Waals surface area contributed by atoms with E-state index in [0.717, 1.165) is 24.1 Å². The molecule has 1 aliphatic carbocycles. The fraction of sp³-hybridized carbons (Fsp3) is 0.375. The second-order valence-electron chi connectivity index (χ2n) is 5.34. The maximum atomic E-state index is 11.2. The number of rotatable bonds is 4. The maximum absolute atomic E-state index is 11.2. The molecule has 3 rings (SSSR count). The van der Waals surface area contributed by atoms with E-state index in [0.29, 0.717) is 6.42 Å². The van der Waals surface area contributed by atoms with Crippen LogP contribution in [0.3, 0.4) is 0 Å². The van der Waals surface area contributed by atoms with Gasteiger partial charge >= 0.3 is 0 Å². The molecule has 21 heavy (non-hydrogen) atoms. The Hall–Kier alpha value is -1.88. The highest BCUT2D eigenvalue weighted by Crippen LogP contribution is 2.36. The molecule has 0 amide bonds. The van der Waals surface area contributed by atoms with Crippen molar-refractivity contribution in [3.8, 4) is 0 Å². The van der Waals surface area contributed by atoms with Crippen LogP contribution in [0.25, 0.3) is 0 Å². The van der Waals surface area contributed by atoms with E-state index in [1.165, 1.54) is 16.9 Å². The van der Waals surface area contributed by atoms with Crippen molar-refractivity contribution in [2.45, 2.75) is 38.6 Å². The number of thiophene rings is 1. The number of hydrogen-bond acceptors (Lipinski definition) is 4. The highest BCUT2D eigenvalue weighted by molar-refractivity contribution is 7.10. The maximum Gasteiger partial charge on any atom is 0.274 e. The molecule has 0 fully saturated rings. The summed E-state index contributed by atoms with van der Waals surface area (Å²) in [5.74, 6) is 0. The third kappa shape index (κ3) is 2.78. The molecule has 4 nitrogen and oxygen atoms in total. The smallest absolute Gasteiger partial charge is 0.274 e. The van der Waals surface area contributed by atoms with Gasteiger partial charge in [0.25, 0.3) is 5.69 Å². The number of nitrogens with zero attached hydrogens (tertiary/aromatic N) is 1. The minimum absolute atomic E-state index is 0.212. The molecule has 0 saturated carbocycles. The third-order valence-corrected chi connectivity index (χ3v) is 5.05. The fourth-order valence-electron chi connectivity index (χ4n) is 2.96. The predicted molar refractivity (Wildman–Crippen MR) is 86.1 cm³/mol. The van der Waals surface area contributed by atoms with E-state index in [1.54, 1.807) is 17.4 Å². The van der Waals surface area contributed by atoms with Crippen molar-refractivity contribution in [3.63, 3.8) is 0 Å². The Balaban J connectivity index is 1.86. The molecule has 0 radical (unpaired) electrons. The van der Waals surface area contributed by atoms with E-state index in [-0.39, 0.29) is 16.7 Å². The lowest BCUT2D eigenvalue weighted by Crippen LogP contribution is -2.15. The van der Waals surface area contributed by atoms with Crippen molar-refractivity contribution in [3.05, 3.63) is 55.8 Å². The van der Waals surface area contributed by atoms with E-state index in [2.05, 4.69) is 16.8 Å². The average molecular weight is 302 g/mol. The van der Waals surface area contributed by atoms with E-state index >= 15 is 0 Å². The monoisotopic (exact) mass is 302 g/mol. The molecule has 1 aromatic heterocycles. The van der Waals surface area contributed by atoms with Crippen LogP contribution in [0.5, 0.6) is 0 Å².